The lowest BCUT2D eigenvalue weighted by atomic mass is 10.0. The lowest BCUT2D eigenvalue weighted by Gasteiger charge is -2.20. The predicted octanol–water partition coefficient (Wildman–Crippen LogP) is 3.74. The first kappa shape index (κ1) is 14.3. The van der Waals surface area contributed by atoms with Crippen molar-refractivity contribution in [3.63, 3.8) is 0 Å². The second-order valence-corrected chi connectivity index (χ2v) is 4.93. The molecule has 0 atom stereocenters. The highest BCUT2D eigenvalue weighted by atomic mass is 16.5. The van der Waals surface area contributed by atoms with Crippen molar-refractivity contribution in [3.8, 4) is 17.2 Å². The molecule has 0 unspecified atom stereocenters. The minimum Gasteiger partial charge on any atom is -0.497 e. The molecule has 2 aromatic rings. The maximum atomic E-state index is 5.86. The average Bonchev–Trinajstić information content (AvgIpc) is 2.60. The van der Waals surface area contributed by atoms with Crippen LogP contribution < -0.4 is 14.2 Å². The Labute approximate surface area is 129 Å². The minimum atomic E-state index is 0.507. The fourth-order valence-corrected chi connectivity index (χ4v) is 2.46. The van der Waals surface area contributed by atoms with Gasteiger partial charge in [-0.05, 0) is 48.0 Å². The first-order valence-electron chi connectivity index (χ1n) is 6.99. The number of fused-ring (bicyclic) bond motifs is 1. The summed E-state index contributed by atoms with van der Waals surface area (Å²) in [5, 5.41) is 0. The van der Waals surface area contributed by atoms with Crippen molar-refractivity contribution in [3.05, 3.63) is 53.1 Å². The Morgan fingerprint density at radius 2 is 1.55 bits per heavy atom. The number of benzene rings is 2. The molecule has 1 aliphatic rings. The molecule has 114 valence electrons. The van der Waals surface area contributed by atoms with Crippen LogP contribution in [0.15, 0.2) is 36.4 Å². The summed E-state index contributed by atoms with van der Waals surface area (Å²) >= 11 is 0. The van der Waals surface area contributed by atoms with Gasteiger partial charge in [0.25, 0.3) is 0 Å². The zero-order chi connectivity index (χ0) is 15.5. The monoisotopic (exact) mass is 298 g/mol. The van der Waals surface area contributed by atoms with Gasteiger partial charge in [0.1, 0.15) is 18.1 Å². The number of hydrogen-bond acceptors (Lipinski definition) is 4. The Hall–Kier alpha value is -2.62. The molecule has 3 rings (SSSR count). The maximum Gasteiger partial charge on any atom is 0.161 e. The van der Waals surface area contributed by atoms with Crippen molar-refractivity contribution in [1.29, 1.82) is 0 Å². The van der Waals surface area contributed by atoms with Crippen LogP contribution in [0, 0.1) is 0 Å². The molecule has 1 heterocycles. The van der Waals surface area contributed by atoms with Gasteiger partial charge in [-0.25, -0.2) is 0 Å². The van der Waals surface area contributed by atoms with Gasteiger partial charge in [0.15, 0.2) is 11.5 Å². The van der Waals surface area contributed by atoms with Crippen LogP contribution in [-0.2, 0) is 11.3 Å². The van der Waals surface area contributed by atoms with Crippen LogP contribution in [-0.4, -0.2) is 21.3 Å². The average molecular weight is 298 g/mol. The van der Waals surface area contributed by atoms with Crippen LogP contribution in [0.4, 0.5) is 0 Å². The van der Waals surface area contributed by atoms with Gasteiger partial charge in [0.2, 0.25) is 0 Å². The number of ether oxygens (including phenoxy) is 4. The van der Waals surface area contributed by atoms with Gasteiger partial charge in [-0.15, -0.1) is 0 Å². The van der Waals surface area contributed by atoms with Crippen LogP contribution in [0.3, 0.4) is 0 Å². The van der Waals surface area contributed by atoms with Crippen LogP contribution >= 0.6 is 0 Å². The summed E-state index contributed by atoms with van der Waals surface area (Å²) in [5.41, 5.74) is 3.17. The van der Waals surface area contributed by atoms with E-state index in [-0.39, 0.29) is 0 Å². The van der Waals surface area contributed by atoms with Crippen LogP contribution in [0.25, 0.3) is 11.8 Å². The molecule has 0 aliphatic carbocycles. The van der Waals surface area contributed by atoms with E-state index in [0.717, 1.165) is 28.2 Å². The molecule has 0 fully saturated rings. The first-order valence-corrected chi connectivity index (χ1v) is 6.99. The fourth-order valence-electron chi connectivity index (χ4n) is 2.46. The van der Waals surface area contributed by atoms with E-state index in [1.807, 2.05) is 42.5 Å². The Morgan fingerprint density at radius 1 is 0.864 bits per heavy atom. The summed E-state index contributed by atoms with van der Waals surface area (Å²) in [5.74, 6) is 3.09. The van der Waals surface area contributed by atoms with E-state index >= 15 is 0 Å². The third kappa shape index (κ3) is 2.60. The molecule has 0 amide bonds. The highest BCUT2D eigenvalue weighted by Gasteiger charge is 2.16. The van der Waals surface area contributed by atoms with Crippen molar-refractivity contribution in [1.82, 2.24) is 0 Å². The van der Waals surface area contributed by atoms with Gasteiger partial charge < -0.3 is 18.9 Å². The van der Waals surface area contributed by atoms with Gasteiger partial charge in [-0.2, -0.15) is 0 Å². The summed E-state index contributed by atoms with van der Waals surface area (Å²) < 4.78 is 21.7. The van der Waals surface area contributed by atoms with Crippen molar-refractivity contribution in [2.24, 2.45) is 0 Å². The molecule has 0 spiro atoms. The van der Waals surface area contributed by atoms with Gasteiger partial charge in [-0.1, -0.05) is 0 Å². The quantitative estimate of drug-likeness (QED) is 0.861. The molecule has 1 aliphatic heterocycles. The Balaban J connectivity index is 1.98. The predicted molar refractivity (Wildman–Crippen MR) is 85.2 cm³/mol. The fraction of sp³-hybridized carbons (Fsp3) is 0.222. The van der Waals surface area contributed by atoms with E-state index < -0.39 is 0 Å². The molecule has 0 aromatic heterocycles. The molecule has 0 radical (unpaired) electrons. The van der Waals surface area contributed by atoms with E-state index in [9.17, 15) is 0 Å². The number of hydrogen-bond donors (Lipinski definition) is 0. The van der Waals surface area contributed by atoms with Gasteiger partial charge in [-0.3, -0.25) is 0 Å². The van der Waals surface area contributed by atoms with Crippen molar-refractivity contribution in [2.75, 3.05) is 21.3 Å². The smallest absolute Gasteiger partial charge is 0.161 e. The second-order valence-electron chi connectivity index (χ2n) is 4.93. The van der Waals surface area contributed by atoms with Crippen LogP contribution in [0.5, 0.6) is 17.2 Å². The molecular weight excluding hydrogens is 280 g/mol. The molecule has 0 saturated heterocycles. The van der Waals surface area contributed by atoms with Gasteiger partial charge >= 0.3 is 0 Å². The lowest BCUT2D eigenvalue weighted by molar-refractivity contribution is 0.260. The standard InChI is InChI=1S/C18H18O4/c1-19-15-6-4-12(5-7-15)16-8-13-9-17(20-2)18(21-3)10-14(13)11-22-16/h4-10H,11H2,1-3H3. The molecule has 0 saturated carbocycles. The molecule has 4 nitrogen and oxygen atoms in total. The number of methoxy groups -OCH3 is 3. The molecule has 2 aromatic carbocycles. The highest BCUT2D eigenvalue weighted by Crippen LogP contribution is 2.36. The normalized spacial score (nSPS) is 12.8. The summed E-state index contributed by atoms with van der Waals surface area (Å²) in [6.45, 7) is 0.507. The van der Waals surface area contributed by atoms with Crippen molar-refractivity contribution in [2.45, 2.75) is 6.61 Å². The number of rotatable bonds is 4. The van der Waals surface area contributed by atoms with Crippen LogP contribution in [0.1, 0.15) is 16.7 Å². The van der Waals surface area contributed by atoms with Gasteiger partial charge in [0.05, 0.1) is 21.3 Å². The summed E-state index contributed by atoms with van der Waals surface area (Å²) in [6, 6.07) is 11.7. The van der Waals surface area contributed by atoms with Crippen molar-refractivity contribution >= 4 is 11.8 Å². The van der Waals surface area contributed by atoms with Gasteiger partial charge in [0, 0.05) is 11.1 Å². The molecular formula is C18H18O4. The largest absolute Gasteiger partial charge is 0.497 e. The Morgan fingerprint density at radius 3 is 2.18 bits per heavy atom. The highest BCUT2D eigenvalue weighted by molar-refractivity contribution is 5.81. The van der Waals surface area contributed by atoms with E-state index in [0.29, 0.717) is 18.1 Å². The lowest BCUT2D eigenvalue weighted by Crippen LogP contribution is -2.03. The Kier molecular flexibility index (Phi) is 3.92. The molecule has 4 heteroatoms. The second kappa shape index (κ2) is 6.02. The van der Waals surface area contributed by atoms with E-state index in [4.69, 9.17) is 18.9 Å². The third-order valence-corrected chi connectivity index (χ3v) is 3.69. The maximum absolute atomic E-state index is 5.86. The van der Waals surface area contributed by atoms with Crippen molar-refractivity contribution < 1.29 is 18.9 Å². The zero-order valence-corrected chi connectivity index (χ0v) is 12.9. The summed E-state index contributed by atoms with van der Waals surface area (Å²) in [7, 11) is 4.92. The molecule has 0 N–H and O–H groups in total. The van der Waals surface area contributed by atoms with E-state index in [2.05, 4.69) is 0 Å². The molecule has 22 heavy (non-hydrogen) atoms. The minimum absolute atomic E-state index is 0.507. The summed E-state index contributed by atoms with van der Waals surface area (Å²) in [6.07, 6.45) is 2.02. The first-order chi connectivity index (χ1) is 10.7. The SMILES string of the molecule is COc1ccc(C2=Cc3cc(OC)c(OC)cc3CO2)cc1. The van der Waals surface area contributed by atoms with Crippen LogP contribution in [0.2, 0.25) is 0 Å². The Bertz CT molecular complexity index is 702. The van der Waals surface area contributed by atoms with E-state index in [1.165, 1.54) is 0 Å². The molecule has 0 bridgehead atoms. The zero-order valence-electron chi connectivity index (χ0n) is 12.9. The third-order valence-electron chi connectivity index (χ3n) is 3.69. The summed E-state index contributed by atoms with van der Waals surface area (Å²) in [4.78, 5) is 0. The topological polar surface area (TPSA) is 36.9 Å². The van der Waals surface area contributed by atoms with E-state index in [1.54, 1.807) is 21.3 Å².